The molecule has 1 aromatic carbocycles. The number of hydrogen-bond acceptors (Lipinski definition) is 4. The molecule has 0 atom stereocenters. The molecule has 0 unspecified atom stereocenters. The summed E-state index contributed by atoms with van der Waals surface area (Å²) in [6, 6.07) is 14.4. The molecule has 1 fully saturated rings. The molecule has 0 amide bonds. The fraction of sp³-hybridized carbons (Fsp3) is 0.389. The van der Waals surface area contributed by atoms with Crippen LogP contribution in [0, 0.1) is 0 Å². The highest BCUT2D eigenvalue weighted by Crippen LogP contribution is 2.32. The van der Waals surface area contributed by atoms with Crippen molar-refractivity contribution < 1.29 is 0 Å². The molecule has 0 saturated heterocycles. The van der Waals surface area contributed by atoms with E-state index >= 15 is 0 Å². The van der Waals surface area contributed by atoms with Crippen molar-refractivity contribution in [1.82, 2.24) is 4.98 Å². The van der Waals surface area contributed by atoms with Gasteiger partial charge < -0.3 is 5.32 Å². The molecular formula is C18H20N4. The number of fused-ring (bicyclic) bond motifs is 1. The SMILES string of the molecule is c1ccc(CNc2ccc3c(n2)=NC2(CCCCC2)N=3)cc1. The smallest absolute Gasteiger partial charge is 0.177 e. The van der Waals surface area contributed by atoms with Gasteiger partial charge in [0.15, 0.2) is 11.2 Å². The minimum absolute atomic E-state index is 0.203. The maximum Gasteiger partial charge on any atom is 0.177 e. The molecule has 22 heavy (non-hydrogen) atoms. The topological polar surface area (TPSA) is 49.6 Å². The lowest BCUT2D eigenvalue weighted by Crippen LogP contribution is -2.26. The summed E-state index contributed by atoms with van der Waals surface area (Å²) >= 11 is 0. The zero-order valence-corrected chi connectivity index (χ0v) is 12.6. The highest BCUT2D eigenvalue weighted by Gasteiger charge is 2.33. The van der Waals surface area contributed by atoms with Crippen LogP contribution < -0.4 is 16.2 Å². The molecule has 1 N–H and O–H groups in total. The third kappa shape index (κ3) is 2.61. The minimum atomic E-state index is -0.203. The van der Waals surface area contributed by atoms with Crippen LogP contribution in [0.5, 0.6) is 0 Å². The van der Waals surface area contributed by atoms with E-state index in [-0.39, 0.29) is 5.66 Å². The Labute approximate surface area is 130 Å². The van der Waals surface area contributed by atoms with E-state index in [4.69, 9.17) is 9.98 Å². The van der Waals surface area contributed by atoms with Crippen LogP contribution >= 0.6 is 0 Å². The Morgan fingerprint density at radius 3 is 2.55 bits per heavy atom. The molecule has 4 heteroatoms. The predicted molar refractivity (Wildman–Crippen MR) is 86.1 cm³/mol. The summed E-state index contributed by atoms with van der Waals surface area (Å²) in [5.74, 6) is 0.870. The molecule has 0 radical (unpaired) electrons. The van der Waals surface area contributed by atoms with E-state index in [2.05, 4.69) is 22.4 Å². The lowest BCUT2D eigenvalue weighted by atomic mass is 9.90. The monoisotopic (exact) mass is 292 g/mol. The fourth-order valence-corrected chi connectivity index (χ4v) is 3.29. The summed E-state index contributed by atoms with van der Waals surface area (Å²) in [7, 11) is 0. The van der Waals surface area contributed by atoms with Gasteiger partial charge in [0.2, 0.25) is 0 Å². The molecule has 1 aromatic heterocycles. The number of anilines is 1. The number of benzene rings is 1. The molecule has 2 aromatic rings. The van der Waals surface area contributed by atoms with Gasteiger partial charge in [-0.05, 0) is 43.4 Å². The van der Waals surface area contributed by atoms with Crippen LogP contribution in [0.4, 0.5) is 5.82 Å². The maximum absolute atomic E-state index is 4.85. The number of rotatable bonds is 3. The Hall–Kier alpha value is -2.23. The highest BCUT2D eigenvalue weighted by molar-refractivity contribution is 5.35. The van der Waals surface area contributed by atoms with Crippen molar-refractivity contribution in [3.8, 4) is 0 Å². The van der Waals surface area contributed by atoms with Crippen LogP contribution in [0.2, 0.25) is 0 Å². The van der Waals surface area contributed by atoms with Crippen molar-refractivity contribution in [1.29, 1.82) is 0 Å². The van der Waals surface area contributed by atoms with E-state index in [1.165, 1.54) is 24.8 Å². The number of pyridine rings is 1. The number of nitrogens with zero attached hydrogens (tertiary/aromatic N) is 3. The Kier molecular flexibility index (Phi) is 3.37. The quantitative estimate of drug-likeness (QED) is 0.945. The predicted octanol–water partition coefficient (Wildman–Crippen LogP) is 2.61. The van der Waals surface area contributed by atoms with E-state index in [1.54, 1.807) is 0 Å². The normalized spacial score (nSPS) is 18.4. The molecule has 112 valence electrons. The van der Waals surface area contributed by atoms with Crippen LogP contribution in [-0.4, -0.2) is 10.6 Å². The molecule has 2 heterocycles. The van der Waals surface area contributed by atoms with Crippen LogP contribution in [0.25, 0.3) is 0 Å². The first-order valence-electron chi connectivity index (χ1n) is 8.08. The van der Waals surface area contributed by atoms with E-state index < -0.39 is 0 Å². The molecule has 1 saturated carbocycles. The van der Waals surface area contributed by atoms with E-state index in [0.717, 1.165) is 36.0 Å². The fourth-order valence-electron chi connectivity index (χ4n) is 3.29. The molecule has 1 aliphatic carbocycles. The van der Waals surface area contributed by atoms with Gasteiger partial charge in [0, 0.05) is 6.54 Å². The summed E-state index contributed by atoms with van der Waals surface area (Å²) in [5.41, 5.74) is 1.85. The van der Waals surface area contributed by atoms with Crippen molar-refractivity contribution in [2.45, 2.75) is 44.3 Å². The van der Waals surface area contributed by atoms with Gasteiger partial charge in [-0.1, -0.05) is 36.8 Å². The third-order valence-electron chi connectivity index (χ3n) is 4.47. The summed E-state index contributed by atoms with van der Waals surface area (Å²) < 4.78 is 0. The van der Waals surface area contributed by atoms with E-state index in [9.17, 15) is 0 Å². The Morgan fingerprint density at radius 1 is 0.909 bits per heavy atom. The van der Waals surface area contributed by atoms with Gasteiger partial charge in [-0.3, -0.25) is 4.99 Å². The first-order valence-corrected chi connectivity index (χ1v) is 8.08. The number of aromatic nitrogens is 1. The van der Waals surface area contributed by atoms with Gasteiger partial charge in [0.1, 0.15) is 11.2 Å². The largest absolute Gasteiger partial charge is 0.366 e. The molecule has 1 spiro atoms. The van der Waals surface area contributed by atoms with E-state index in [1.807, 2.05) is 30.3 Å². The maximum atomic E-state index is 4.85. The summed E-state index contributed by atoms with van der Waals surface area (Å²) in [5, 5.41) is 4.32. The lowest BCUT2D eigenvalue weighted by Gasteiger charge is -2.26. The first kappa shape index (κ1) is 13.4. The Bertz CT molecular complexity index is 776. The van der Waals surface area contributed by atoms with Crippen LogP contribution in [0.15, 0.2) is 52.4 Å². The minimum Gasteiger partial charge on any atom is -0.366 e. The second kappa shape index (κ2) is 5.52. The first-order chi connectivity index (χ1) is 10.8. The highest BCUT2D eigenvalue weighted by atomic mass is 15.1. The molecular weight excluding hydrogens is 272 g/mol. The zero-order valence-electron chi connectivity index (χ0n) is 12.6. The van der Waals surface area contributed by atoms with Gasteiger partial charge in [0.25, 0.3) is 0 Å². The van der Waals surface area contributed by atoms with E-state index in [0.29, 0.717) is 0 Å². The average Bonchev–Trinajstić information content (AvgIpc) is 2.91. The second-order valence-electron chi connectivity index (χ2n) is 6.15. The second-order valence-corrected chi connectivity index (χ2v) is 6.15. The lowest BCUT2D eigenvalue weighted by molar-refractivity contribution is 0.308. The third-order valence-corrected chi connectivity index (χ3v) is 4.47. The molecule has 4 rings (SSSR count). The van der Waals surface area contributed by atoms with Crippen molar-refractivity contribution in [3.63, 3.8) is 0 Å². The van der Waals surface area contributed by atoms with Gasteiger partial charge in [-0.15, -0.1) is 0 Å². The Morgan fingerprint density at radius 2 is 1.73 bits per heavy atom. The molecule has 4 nitrogen and oxygen atoms in total. The average molecular weight is 292 g/mol. The van der Waals surface area contributed by atoms with Crippen LogP contribution in [0.3, 0.4) is 0 Å². The summed E-state index contributed by atoms with van der Waals surface area (Å²) in [6.45, 7) is 0.773. The number of hydrogen-bond donors (Lipinski definition) is 1. The number of nitrogens with one attached hydrogen (secondary N) is 1. The molecule has 1 aliphatic heterocycles. The van der Waals surface area contributed by atoms with Gasteiger partial charge in [-0.25, -0.2) is 9.98 Å². The van der Waals surface area contributed by atoms with Crippen molar-refractivity contribution >= 4 is 5.82 Å². The molecule has 2 aliphatic rings. The van der Waals surface area contributed by atoms with Crippen molar-refractivity contribution in [3.05, 3.63) is 58.9 Å². The van der Waals surface area contributed by atoms with Crippen molar-refractivity contribution in [2.24, 2.45) is 9.98 Å². The van der Waals surface area contributed by atoms with Crippen LogP contribution in [-0.2, 0) is 6.54 Å². The molecule has 0 bridgehead atoms. The van der Waals surface area contributed by atoms with Gasteiger partial charge >= 0.3 is 0 Å². The van der Waals surface area contributed by atoms with Crippen LogP contribution in [0.1, 0.15) is 37.7 Å². The zero-order chi connectivity index (χ0) is 14.8. The van der Waals surface area contributed by atoms with Crippen molar-refractivity contribution in [2.75, 3.05) is 5.32 Å². The standard InChI is InChI=1S/C18H20N4/c1-3-7-14(8-4-1)13-19-16-10-9-15-17(20-16)22-18(21-15)11-5-2-6-12-18/h1,3-4,7-10H,2,5-6,11-13H2,(H,19,20,22). The van der Waals surface area contributed by atoms with Gasteiger partial charge in [-0.2, -0.15) is 0 Å². The Balaban J connectivity index is 1.55. The summed E-state index contributed by atoms with van der Waals surface area (Å²) in [4.78, 5) is 14.3. The van der Waals surface area contributed by atoms with Gasteiger partial charge in [0.05, 0.1) is 0 Å². The summed E-state index contributed by atoms with van der Waals surface area (Å²) in [6.07, 6.45) is 5.88.